The number of aromatic nitrogens is 1. The molecule has 0 aliphatic carbocycles. The molecule has 4 heteroatoms. The molecule has 1 fully saturated rings. The lowest BCUT2D eigenvalue weighted by Gasteiger charge is -2.23. The molecule has 18 heavy (non-hydrogen) atoms. The molecule has 0 spiro atoms. The molecular weight excluding hydrogens is 226 g/mol. The number of H-pyrrole nitrogens is 1. The van der Waals surface area contributed by atoms with Gasteiger partial charge in [-0.15, -0.1) is 0 Å². The lowest BCUT2D eigenvalue weighted by atomic mass is 10.1. The third-order valence-electron chi connectivity index (χ3n) is 3.45. The molecule has 1 atom stereocenters. The number of rotatable bonds is 2. The van der Waals surface area contributed by atoms with E-state index in [-0.39, 0.29) is 11.9 Å². The van der Waals surface area contributed by atoms with E-state index in [1.807, 2.05) is 30.5 Å². The Morgan fingerprint density at radius 2 is 2.28 bits per heavy atom. The maximum Gasteiger partial charge on any atom is 0.251 e. The predicted molar refractivity (Wildman–Crippen MR) is 71.7 cm³/mol. The van der Waals surface area contributed by atoms with Crippen molar-refractivity contribution in [1.29, 1.82) is 0 Å². The minimum absolute atomic E-state index is 0.0202. The second kappa shape index (κ2) is 4.82. The minimum Gasteiger partial charge on any atom is -0.361 e. The molecule has 0 saturated carbocycles. The highest BCUT2D eigenvalue weighted by Crippen LogP contribution is 2.14. The SMILES string of the molecule is O=C(N[C@H]1CCCNC1)c1ccc2[nH]ccc2c1. The molecule has 0 unspecified atom stereocenters. The lowest BCUT2D eigenvalue weighted by Crippen LogP contribution is -2.45. The summed E-state index contributed by atoms with van der Waals surface area (Å²) in [5.41, 5.74) is 1.79. The van der Waals surface area contributed by atoms with E-state index in [0.717, 1.165) is 42.4 Å². The first-order valence-electron chi connectivity index (χ1n) is 6.42. The molecule has 0 radical (unpaired) electrons. The molecule has 1 amide bonds. The predicted octanol–water partition coefficient (Wildman–Crippen LogP) is 1.65. The van der Waals surface area contributed by atoms with Crippen LogP contribution in [0.5, 0.6) is 0 Å². The summed E-state index contributed by atoms with van der Waals surface area (Å²) in [5.74, 6) is 0.0202. The molecule has 3 N–H and O–H groups in total. The lowest BCUT2D eigenvalue weighted by molar-refractivity contribution is 0.0931. The number of benzene rings is 1. The van der Waals surface area contributed by atoms with Crippen molar-refractivity contribution in [2.45, 2.75) is 18.9 Å². The zero-order chi connectivity index (χ0) is 12.4. The maximum absolute atomic E-state index is 12.1. The van der Waals surface area contributed by atoms with E-state index in [4.69, 9.17) is 0 Å². The molecule has 4 nitrogen and oxygen atoms in total. The van der Waals surface area contributed by atoms with Gasteiger partial charge in [0, 0.05) is 35.2 Å². The van der Waals surface area contributed by atoms with Crippen LogP contribution in [-0.4, -0.2) is 30.0 Å². The third-order valence-corrected chi connectivity index (χ3v) is 3.45. The molecule has 1 saturated heterocycles. The highest BCUT2D eigenvalue weighted by atomic mass is 16.1. The van der Waals surface area contributed by atoms with Crippen LogP contribution in [-0.2, 0) is 0 Å². The van der Waals surface area contributed by atoms with E-state index in [0.29, 0.717) is 0 Å². The topological polar surface area (TPSA) is 56.9 Å². The van der Waals surface area contributed by atoms with Crippen molar-refractivity contribution in [3.05, 3.63) is 36.0 Å². The van der Waals surface area contributed by atoms with Gasteiger partial charge >= 0.3 is 0 Å². The van der Waals surface area contributed by atoms with Crippen LogP contribution in [0, 0.1) is 0 Å². The average Bonchev–Trinajstić information content (AvgIpc) is 2.87. The second-order valence-electron chi connectivity index (χ2n) is 4.80. The Kier molecular flexibility index (Phi) is 3.02. The summed E-state index contributed by atoms with van der Waals surface area (Å²) in [6, 6.07) is 7.98. The van der Waals surface area contributed by atoms with E-state index in [9.17, 15) is 4.79 Å². The van der Waals surface area contributed by atoms with Crippen LogP contribution in [0.1, 0.15) is 23.2 Å². The largest absolute Gasteiger partial charge is 0.361 e. The van der Waals surface area contributed by atoms with Crippen molar-refractivity contribution >= 4 is 16.8 Å². The number of aromatic amines is 1. The van der Waals surface area contributed by atoms with Gasteiger partial charge in [0.15, 0.2) is 0 Å². The van der Waals surface area contributed by atoms with Crippen LogP contribution in [0.4, 0.5) is 0 Å². The van der Waals surface area contributed by atoms with Crippen LogP contribution in [0.2, 0.25) is 0 Å². The Balaban J connectivity index is 1.74. The highest BCUT2D eigenvalue weighted by molar-refractivity contribution is 5.98. The first-order chi connectivity index (χ1) is 8.83. The number of amides is 1. The minimum atomic E-state index is 0.0202. The molecule has 1 aromatic carbocycles. The van der Waals surface area contributed by atoms with E-state index in [2.05, 4.69) is 15.6 Å². The van der Waals surface area contributed by atoms with Crippen molar-refractivity contribution in [1.82, 2.24) is 15.6 Å². The summed E-state index contributed by atoms with van der Waals surface area (Å²) < 4.78 is 0. The smallest absolute Gasteiger partial charge is 0.251 e. The summed E-state index contributed by atoms with van der Waals surface area (Å²) in [5, 5.41) is 7.45. The molecule has 0 bridgehead atoms. The van der Waals surface area contributed by atoms with Gasteiger partial charge < -0.3 is 15.6 Å². The quantitative estimate of drug-likeness (QED) is 0.751. The van der Waals surface area contributed by atoms with Gasteiger partial charge in [0.1, 0.15) is 0 Å². The molecule has 3 rings (SSSR count). The van der Waals surface area contributed by atoms with Gasteiger partial charge in [-0.05, 0) is 43.7 Å². The van der Waals surface area contributed by atoms with Crippen molar-refractivity contribution in [3.63, 3.8) is 0 Å². The Bertz CT molecular complexity index is 555. The zero-order valence-electron chi connectivity index (χ0n) is 10.2. The number of hydrogen-bond donors (Lipinski definition) is 3. The van der Waals surface area contributed by atoms with Crippen molar-refractivity contribution in [2.75, 3.05) is 13.1 Å². The monoisotopic (exact) mass is 243 g/mol. The van der Waals surface area contributed by atoms with Gasteiger partial charge in [-0.25, -0.2) is 0 Å². The molecule has 2 aromatic rings. The van der Waals surface area contributed by atoms with E-state index < -0.39 is 0 Å². The number of hydrogen-bond acceptors (Lipinski definition) is 2. The van der Waals surface area contributed by atoms with Crippen molar-refractivity contribution in [2.24, 2.45) is 0 Å². The highest BCUT2D eigenvalue weighted by Gasteiger charge is 2.16. The zero-order valence-corrected chi connectivity index (χ0v) is 10.2. The molecule has 94 valence electrons. The number of nitrogens with one attached hydrogen (secondary N) is 3. The fraction of sp³-hybridized carbons (Fsp3) is 0.357. The summed E-state index contributed by atoms with van der Waals surface area (Å²) in [4.78, 5) is 15.3. The second-order valence-corrected chi connectivity index (χ2v) is 4.80. The van der Waals surface area contributed by atoms with Gasteiger partial charge in [0.25, 0.3) is 5.91 Å². The van der Waals surface area contributed by atoms with E-state index in [1.165, 1.54) is 0 Å². The van der Waals surface area contributed by atoms with Crippen LogP contribution in [0.25, 0.3) is 10.9 Å². The summed E-state index contributed by atoms with van der Waals surface area (Å²) in [6.07, 6.45) is 4.07. The molecule has 1 aliphatic heterocycles. The van der Waals surface area contributed by atoms with Crippen molar-refractivity contribution < 1.29 is 4.79 Å². The molecule has 2 heterocycles. The van der Waals surface area contributed by atoms with E-state index in [1.54, 1.807) is 0 Å². The molecule has 1 aliphatic rings. The van der Waals surface area contributed by atoms with Crippen LogP contribution >= 0.6 is 0 Å². The van der Waals surface area contributed by atoms with Gasteiger partial charge in [-0.1, -0.05) is 0 Å². The number of fused-ring (bicyclic) bond motifs is 1. The molecular formula is C14H17N3O. The van der Waals surface area contributed by atoms with Gasteiger partial charge in [0.05, 0.1) is 0 Å². The first-order valence-corrected chi connectivity index (χ1v) is 6.42. The fourth-order valence-electron chi connectivity index (χ4n) is 2.44. The molecule has 1 aromatic heterocycles. The van der Waals surface area contributed by atoms with Gasteiger partial charge in [-0.3, -0.25) is 4.79 Å². The summed E-state index contributed by atoms with van der Waals surface area (Å²) in [7, 11) is 0. The van der Waals surface area contributed by atoms with Gasteiger partial charge in [0.2, 0.25) is 0 Å². The Labute approximate surface area is 106 Å². The third kappa shape index (κ3) is 2.24. The van der Waals surface area contributed by atoms with E-state index >= 15 is 0 Å². The Morgan fingerprint density at radius 1 is 1.33 bits per heavy atom. The van der Waals surface area contributed by atoms with Gasteiger partial charge in [-0.2, -0.15) is 0 Å². The Hall–Kier alpha value is -1.81. The van der Waals surface area contributed by atoms with Crippen LogP contribution < -0.4 is 10.6 Å². The van der Waals surface area contributed by atoms with Crippen molar-refractivity contribution in [3.8, 4) is 0 Å². The normalized spacial score (nSPS) is 19.9. The average molecular weight is 243 g/mol. The first kappa shape index (κ1) is 11.3. The Morgan fingerprint density at radius 3 is 3.11 bits per heavy atom. The summed E-state index contributed by atoms with van der Waals surface area (Å²) >= 11 is 0. The number of piperidine rings is 1. The summed E-state index contributed by atoms with van der Waals surface area (Å²) in [6.45, 7) is 1.93. The van der Waals surface area contributed by atoms with Crippen LogP contribution in [0.3, 0.4) is 0 Å². The fourth-order valence-corrected chi connectivity index (χ4v) is 2.44. The van der Waals surface area contributed by atoms with Crippen LogP contribution in [0.15, 0.2) is 30.5 Å². The number of carbonyl (C=O) groups excluding carboxylic acids is 1. The standard InChI is InChI=1S/C14H17N3O/c18-14(17-12-2-1-6-15-9-12)11-3-4-13-10(8-11)5-7-16-13/h3-5,7-8,12,15-16H,1-2,6,9H2,(H,17,18)/t12-/m0/s1. The maximum atomic E-state index is 12.1. The number of carbonyl (C=O) groups is 1.